The summed E-state index contributed by atoms with van der Waals surface area (Å²) in [7, 11) is 0. The molecule has 226 valence electrons. The maximum Gasteiger partial charge on any atom is 0.343 e. The van der Waals surface area contributed by atoms with Crippen molar-refractivity contribution in [2.45, 2.75) is 71.3 Å². The Morgan fingerprint density at radius 1 is 0.814 bits per heavy atom. The maximum atomic E-state index is 13.1. The molecule has 0 saturated heterocycles. The Labute approximate surface area is 255 Å². The van der Waals surface area contributed by atoms with Crippen molar-refractivity contribution in [1.82, 2.24) is 0 Å². The van der Waals surface area contributed by atoms with Gasteiger partial charge in [0, 0.05) is 5.56 Å². The lowest BCUT2D eigenvalue weighted by Crippen LogP contribution is -2.12. The van der Waals surface area contributed by atoms with Crippen molar-refractivity contribution in [3.05, 3.63) is 102 Å². The molecule has 0 amide bonds. The van der Waals surface area contributed by atoms with Gasteiger partial charge in [0.25, 0.3) is 0 Å². The summed E-state index contributed by atoms with van der Waals surface area (Å²) in [6, 6.07) is 20.4. The third-order valence-electron chi connectivity index (χ3n) is 6.79. The Morgan fingerprint density at radius 2 is 1.51 bits per heavy atom. The number of allylic oxidation sites excluding steroid dienone is 1. The van der Waals surface area contributed by atoms with Crippen LogP contribution in [0.1, 0.15) is 96.6 Å². The number of ether oxygens (including phenoxy) is 4. The van der Waals surface area contributed by atoms with Crippen molar-refractivity contribution in [1.29, 1.82) is 5.26 Å². The van der Waals surface area contributed by atoms with E-state index in [1.165, 1.54) is 31.7 Å². The molecule has 7 nitrogen and oxygen atoms in total. The molecule has 3 aromatic rings. The topological polar surface area (TPSA) is 94.8 Å². The van der Waals surface area contributed by atoms with Crippen molar-refractivity contribution >= 4 is 11.9 Å². The number of hydrogen-bond acceptors (Lipinski definition) is 7. The third kappa shape index (κ3) is 11.3. The van der Waals surface area contributed by atoms with E-state index in [1.54, 1.807) is 60.7 Å². The lowest BCUT2D eigenvalue weighted by molar-refractivity contribution is 0.0466. The lowest BCUT2D eigenvalue weighted by atomic mass is 10.1. The van der Waals surface area contributed by atoms with Crippen molar-refractivity contribution in [3.63, 3.8) is 0 Å². The molecule has 0 unspecified atom stereocenters. The summed E-state index contributed by atoms with van der Waals surface area (Å²) in [5.74, 6) is -0.0234. The fourth-order valence-electron chi connectivity index (χ4n) is 4.33. The molecule has 3 aromatic carbocycles. The molecule has 7 heteroatoms. The highest BCUT2D eigenvalue weighted by Crippen LogP contribution is 2.27. The average molecular weight is 584 g/mol. The maximum absolute atomic E-state index is 13.1. The van der Waals surface area contributed by atoms with Crippen molar-refractivity contribution < 1.29 is 28.5 Å². The van der Waals surface area contributed by atoms with Gasteiger partial charge in [0.1, 0.15) is 29.4 Å². The number of benzene rings is 3. The van der Waals surface area contributed by atoms with Gasteiger partial charge in [-0.05, 0) is 74.2 Å². The third-order valence-corrected chi connectivity index (χ3v) is 6.79. The molecule has 0 atom stereocenters. The number of nitrogens with zero attached hydrogens (tertiary/aromatic N) is 1. The van der Waals surface area contributed by atoms with Crippen molar-refractivity contribution in [2.75, 3.05) is 13.2 Å². The molecule has 0 N–H and O–H groups in total. The molecule has 0 spiro atoms. The summed E-state index contributed by atoms with van der Waals surface area (Å²) < 4.78 is 22.8. The van der Waals surface area contributed by atoms with Crippen LogP contribution in [0, 0.1) is 11.3 Å². The first-order valence-corrected chi connectivity index (χ1v) is 15.0. The normalized spacial score (nSPS) is 10.4. The van der Waals surface area contributed by atoms with Crippen LogP contribution in [-0.4, -0.2) is 25.2 Å². The van der Waals surface area contributed by atoms with Crippen molar-refractivity contribution in [3.8, 4) is 23.3 Å². The zero-order chi connectivity index (χ0) is 30.7. The van der Waals surface area contributed by atoms with E-state index in [9.17, 15) is 14.9 Å². The molecule has 0 bridgehead atoms. The summed E-state index contributed by atoms with van der Waals surface area (Å²) in [5, 5.41) is 9.34. The predicted molar refractivity (Wildman–Crippen MR) is 167 cm³/mol. The van der Waals surface area contributed by atoms with Gasteiger partial charge in [-0.1, -0.05) is 63.3 Å². The molecule has 43 heavy (non-hydrogen) atoms. The summed E-state index contributed by atoms with van der Waals surface area (Å²) >= 11 is 0. The summed E-state index contributed by atoms with van der Waals surface area (Å²) in [4.78, 5) is 26.0. The standard InChI is InChI=1S/C36H41NO6/c1-3-5-7-9-10-14-23-40-31-19-17-28(18-20-31)35(38)43-32-21-22-34(41-24-13-8-6-4-2)33(25-32)36(39)42-27-30-16-12-11-15-29(30)26-37/h4,11-12,15-22,25H,2-3,5-10,13-14,23-24,27H2,1H3. The second kappa shape index (κ2) is 18.8. The van der Waals surface area contributed by atoms with E-state index in [2.05, 4.69) is 19.6 Å². The van der Waals surface area contributed by atoms with Crippen LogP contribution in [0.2, 0.25) is 0 Å². The molecule has 0 radical (unpaired) electrons. The Hall–Kier alpha value is -4.57. The van der Waals surface area contributed by atoms with Crippen LogP contribution in [0.3, 0.4) is 0 Å². The van der Waals surface area contributed by atoms with E-state index in [0.29, 0.717) is 41.4 Å². The minimum absolute atomic E-state index is 0.0847. The predicted octanol–water partition coefficient (Wildman–Crippen LogP) is 8.61. The van der Waals surface area contributed by atoms with E-state index >= 15 is 0 Å². The Kier molecular flexibility index (Phi) is 14.4. The van der Waals surface area contributed by atoms with Gasteiger partial charge in [-0.3, -0.25) is 0 Å². The van der Waals surface area contributed by atoms with Gasteiger partial charge < -0.3 is 18.9 Å². The largest absolute Gasteiger partial charge is 0.494 e. The number of unbranched alkanes of at least 4 members (excludes halogenated alkanes) is 7. The van der Waals surface area contributed by atoms with Crippen LogP contribution in [-0.2, 0) is 11.3 Å². The zero-order valence-corrected chi connectivity index (χ0v) is 25.0. The minimum atomic E-state index is -0.654. The summed E-state index contributed by atoms with van der Waals surface area (Å²) in [6.07, 6.45) is 11.5. The fourth-order valence-corrected chi connectivity index (χ4v) is 4.33. The minimum Gasteiger partial charge on any atom is -0.494 e. The first kappa shape index (κ1) is 32.9. The molecule has 0 aromatic heterocycles. The number of hydrogen-bond donors (Lipinski definition) is 0. The van der Waals surface area contributed by atoms with Crippen molar-refractivity contribution in [2.24, 2.45) is 0 Å². The van der Waals surface area contributed by atoms with Crippen LogP contribution in [0.5, 0.6) is 17.2 Å². The highest BCUT2D eigenvalue weighted by atomic mass is 16.5. The van der Waals surface area contributed by atoms with Gasteiger partial charge in [-0.2, -0.15) is 5.26 Å². The average Bonchev–Trinajstić information content (AvgIpc) is 3.04. The van der Waals surface area contributed by atoms with E-state index in [0.717, 1.165) is 32.1 Å². The lowest BCUT2D eigenvalue weighted by Gasteiger charge is -2.14. The second-order valence-electron chi connectivity index (χ2n) is 10.2. The Morgan fingerprint density at radius 3 is 2.28 bits per heavy atom. The molecule has 0 saturated carbocycles. The number of esters is 2. The summed E-state index contributed by atoms with van der Waals surface area (Å²) in [5.41, 5.74) is 1.50. The molecule has 0 aliphatic carbocycles. The fraction of sp³-hybridized carbons (Fsp3) is 0.361. The molecule has 0 aliphatic rings. The quantitative estimate of drug-likeness (QED) is 0.0603. The summed E-state index contributed by atoms with van der Waals surface area (Å²) in [6.45, 7) is 6.89. The number of carbonyl (C=O) groups excluding carboxylic acids is 2. The zero-order valence-electron chi connectivity index (χ0n) is 25.0. The molecule has 0 heterocycles. The van der Waals surface area contributed by atoms with Crippen LogP contribution >= 0.6 is 0 Å². The second-order valence-corrected chi connectivity index (χ2v) is 10.2. The van der Waals surface area contributed by atoms with Gasteiger partial charge >= 0.3 is 11.9 Å². The molecular formula is C36H41NO6. The van der Waals surface area contributed by atoms with E-state index in [1.807, 2.05) is 6.08 Å². The van der Waals surface area contributed by atoms with E-state index < -0.39 is 11.9 Å². The molecule has 3 rings (SSSR count). The van der Waals surface area contributed by atoms with Crippen LogP contribution < -0.4 is 14.2 Å². The SMILES string of the molecule is C=CCCCCOc1ccc(OC(=O)c2ccc(OCCCCCCCC)cc2)cc1C(=O)OCc1ccccc1C#N. The highest BCUT2D eigenvalue weighted by Gasteiger charge is 2.19. The molecular weight excluding hydrogens is 542 g/mol. The Balaban J connectivity index is 1.63. The molecule has 0 fully saturated rings. The van der Waals surface area contributed by atoms with Gasteiger partial charge in [-0.15, -0.1) is 6.58 Å². The van der Waals surface area contributed by atoms with Gasteiger partial charge in [0.05, 0.1) is 30.4 Å². The number of rotatable bonds is 19. The van der Waals surface area contributed by atoms with Gasteiger partial charge in [-0.25, -0.2) is 9.59 Å². The van der Waals surface area contributed by atoms with Crippen LogP contribution in [0.25, 0.3) is 0 Å². The van der Waals surface area contributed by atoms with E-state index in [4.69, 9.17) is 18.9 Å². The van der Waals surface area contributed by atoms with Crippen LogP contribution in [0.15, 0.2) is 79.4 Å². The Bertz CT molecular complexity index is 1360. The van der Waals surface area contributed by atoms with Crippen LogP contribution in [0.4, 0.5) is 0 Å². The highest BCUT2D eigenvalue weighted by molar-refractivity contribution is 5.94. The first-order valence-electron chi connectivity index (χ1n) is 15.0. The van der Waals surface area contributed by atoms with Gasteiger partial charge in [0.15, 0.2) is 0 Å². The number of nitriles is 1. The van der Waals surface area contributed by atoms with E-state index in [-0.39, 0.29) is 17.9 Å². The number of carbonyl (C=O) groups is 2. The molecule has 0 aliphatic heterocycles. The van der Waals surface area contributed by atoms with Gasteiger partial charge in [0.2, 0.25) is 0 Å². The smallest absolute Gasteiger partial charge is 0.343 e. The monoisotopic (exact) mass is 583 g/mol. The first-order chi connectivity index (χ1) is 21.0.